The van der Waals surface area contributed by atoms with Gasteiger partial charge in [-0.15, -0.1) is 0 Å². The summed E-state index contributed by atoms with van der Waals surface area (Å²) in [6.45, 7) is 1.72. The van der Waals surface area contributed by atoms with E-state index < -0.39 is 5.12 Å². The molecule has 1 rings (SSSR count). The van der Waals surface area contributed by atoms with Crippen LogP contribution in [-0.4, -0.2) is 15.3 Å². The molecule has 0 saturated carbocycles. The van der Waals surface area contributed by atoms with Crippen molar-refractivity contribution in [2.24, 2.45) is 0 Å². The number of rotatable bonds is 3. The van der Waals surface area contributed by atoms with Gasteiger partial charge in [0.15, 0.2) is 0 Å². The topological polar surface area (TPSA) is 40.5 Å². The second kappa shape index (κ2) is 3.94. The van der Waals surface area contributed by atoms with Crippen molar-refractivity contribution < 1.29 is 10.2 Å². The lowest BCUT2D eigenvalue weighted by Crippen LogP contribution is -2.21. The Balaban J connectivity index is 2.64. The molecule has 0 unspecified atom stereocenters. The maximum absolute atomic E-state index is 9.28. The molecule has 0 fully saturated rings. The van der Waals surface area contributed by atoms with Crippen LogP contribution in [0.1, 0.15) is 13.3 Å². The van der Waals surface area contributed by atoms with Crippen LogP contribution in [0.15, 0.2) is 29.2 Å². The Morgan fingerprint density at radius 2 is 2.00 bits per heavy atom. The van der Waals surface area contributed by atoms with Crippen LogP contribution in [0.2, 0.25) is 0 Å². The Hall–Kier alpha value is -0.510. The molecule has 0 aromatic heterocycles. The second-order valence-corrected chi connectivity index (χ2v) is 3.76. The third kappa shape index (κ3) is 2.85. The predicted molar refractivity (Wildman–Crippen MR) is 48.6 cm³/mol. The van der Waals surface area contributed by atoms with E-state index in [1.807, 2.05) is 0 Å². The molecular weight excluding hydrogens is 172 g/mol. The molecule has 3 heteroatoms. The first-order valence-electron chi connectivity index (χ1n) is 3.74. The van der Waals surface area contributed by atoms with Gasteiger partial charge in [-0.1, -0.05) is 30.8 Å². The molecule has 0 aliphatic carbocycles. The highest BCUT2D eigenvalue weighted by Crippen LogP contribution is 2.30. The fourth-order valence-corrected chi connectivity index (χ4v) is 1.49. The first-order valence-corrected chi connectivity index (χ1v) is 4.55. The van der Waals surface area contributed by atoms with E-state index in [2.05, 4.69) is 6.07 Å². The highest BCUT2D eigenvalue weighted by molar-refractivity contribution is 8.00. The normalized spacial score (nSPS) is 11.6. The maximum atomic E-state index is 9.28. The fraction of sp³-hybridized carbons (Fsp3) is 0.333. The van der Waals surface area contributed by atoms with Gasteiger partial charge in [0.2, 0.25) is 5.12 Å². The van der Waals surface area contributed by atoms with Crippen molar-refractivity contribution in [3.63, 3.8) is 0 Å². The molecule has 0 atom stereocenters. The van der Waals surface area contributed by atoms with Gasteiger partial charge in [0.25, 0.3) is 0 Å². The first kappa shape index (κ1) is 9.58. The lowest BCUT2D eigenvalue weighted by Gasteiger charge is -2.18. The predicted octanol–water partition coefficient (Wildman–Crippen LogP) is 1.63. The Morgan fingerprint density at radius 1 is 1.42 bits per heavy atom. The first-order chi connectivity index (χ1) is 5.64. The molecule has 1 aromatic rings. The van der Waals surface area contributed by atoms with Crippen molar-refractivity contribution in [1.29, 1.82) is 0 Å². The lowest BCUT2D eigenvalue weighted by atomic mass is 10.4. The third-order valence-corrected chi connectivity index (χ3v) is 2.55. The largest absolute Gasteiger partial charge is 0.357 e. The molecule has 0 spiro atoms. The summed E-state index contributed by atoms with van der Waals surface area (Å²) >= 11 is 1.04. The van der Waals surface area contributed by atoms with Crippen molar-refractivity contribution in [3.05, 3.63) is 30.3 Å². The van der Waals surface area contributed by atoms with Gasteiger partial charge in [-0.3, -0.25) is 0 Å². The zero-order valence-electron chi connectivity index (χ0n) is 6.82. The standard InChI is InChI=1S/C9H11O2S/c1-2-9(10,11)12-8-6-4-3-5-7-8/h4-7,10-11H,2H2,1H3. The molecule has 0 saturated heterocycles. The SMILES string of the molecule is CCC(O)(O)Sc1cc[c]cc1. The number of hydrogen-bond donors (Lipinski definition) is 2. The van der Waals surface area contributed by atoms with Crippen molar-refractivity contribution >= 4 is 11.8 Å². The van der Waals surface area contributed by atoms with E-state index in [-0.39, 0.29) is 0 Å². The number of aliphatic hydroxyl groups is 2. The minimum Gasteiger partial charge on any atom is -0.357 e. The summed E-state index contributed by atoms with van der Waals surface area (Å²) < 4.78 is 0. The zero-order valence-corrected chi connectivity index (χ0v) is 7.64. The molecule has 0 heterocycles. The van der Waals surface area contributed by atoms with E-state index >= 15 is 0 Å². The van der Waals surface area contributed by atoms with Crippen molar-refractivity contribution in [2.45, 2.75) is 23.4 Å². The van der Waals surface area contributed by atoms with Crippen LogP contribution in [0.4, 0.5) is 0 Å². The van der Waals surface area contributed by atoms with E-state index in [9.17, 15) is 10.2 Å². The zero-order chi connectivity index (χ0) is 9.03. The average molecular weight is 183 g/mol. The average Bonchev–Trinajstić information content (AvgIpc) is 2.06. The van der Waals surface area contributed by atoms with Crippen LogP contribution in [-0.2, 0) is 0 Å². The fourth-order valence-electron chi connectivity index (χ4n) is 0.701. The van der Waals surface area contributed by atoms with Gasteiger partial charge in [0, 0.05) is 11.3 Å². The molecule has 0 aliphatic rings. The molecule has 0 amide bonds. The Labute approximate surface area is 76.2 Å². The number of hydrogen-bond acceptors (Lipinski definition) is 3. The molecule has 2 N–H and O–H groups in total. The van der Waals surface area contributed by atoms with Crippen molar-refractivity contribution in [2.75, 3.05) is 0 Å². The van der Waals surface area contributed by atoms with Gasteiger partial charge in [0.05, 0.1) is 0 Å². The summed E-state index contributed by atoms with van der Waals surface area (Å²) in [6, 6.07) is 9.93. The van der Waals surface area contributed by atoms with E-state index in [0.29, 0.717) is 6.42 Å². The van der Waals surface area contributed by atoms with E-state index in [1.165, 1.54) is 0 Å². The summed E-state index contributed by atoms with van der Waals surface area (Å²) in [7, 11) is 0. The monoisotopic (exact) mass is 183 g/mol. The molecule has 12 heavy (non-hydrogen) atoms. The summed E-state index contributed by atoms with van der Waals surface area (Å²) in [5.41, 5.74) is 0. The van der Waals surface area contributed by atoms with Gasteiger partial charge in [-0.05, 0) is 18.2 Å². The van der Waals surface area contributed by atoms with Gasteiger partial charge >= 0.3 is 0 Å². The van der Waals surface area contributed by atoms with E-state index in [1.54, 1.807) is 31.2 Å². The van der Waals surface area contributed by atoms with Crippen LogP contribution in [0.3, 0.4) is 0 Å². The Kier molecular flexibility index (Phi) is 3.14. The minimum atomic E-state index is -1.65. The second-order valence-electron chi connectivity index (χ2n) is 2.43. The quantitative estimate of drug-likeness (QED) is 0.552. The molecule has 1 radical (unpaired) electrons. The van der Waals surface area contributed by atoms with Crippen LogP contribution >= 0.6 is 11.8 Å². The van der Waals surface area contributed by atoms with E-state index in [4.69, 9.17) is 0 Å². The number of thioether (sulfide) groups is 1. The highest BCUT2D eigenvalue weighted by atomic mass is 32.2. The summed E-state index contributed by atoms with van der Waals surface area (Å²) in [6.07, 6.45) is 0.302. The molecule has 1 aromatic carbocycles. The summed E-state index contributed by atoms with van der Waals surface area (Å²) in [5.74, 6) is 0. The summed E-state index contributed by atoms with van der Waals surface area (Å²) in [4.78, 5) is 0.834. The molecule has 65 valence electrons. The minimum absolute atomic E-state index is 0.302. The summed E-state index contributed by atoms with van der Waals surface area (Å²) in [5, 5.41) is 16.9. The van der Waals surface area contributed by atoms with Gasteiger partial charge < -0.3 is 10.2 Å². The van der Waals surface area contributed by atoms with Crippen LogP contribution in [0, 0.1) is 6.07 Å². The molecular formula is C9H11O2S. The molecule has 0 aliphatic heterocycles. The van der Waals surface area contributed by atoms with Crippen molar-refractivity contribution in [1.82, 2.24) is 0 Å². The number of benzene rings is 1. The Bertz CT molecular complexity index is 234. The Morgan fingerprint density at radius 3 is 2.50 bits per heavy atom. The van der Waals surface area contributed by atoms with Gasteiger partial charge in [-0.2, -0.15) is 0 Å². The third-order valence-electron chi connectivity index (χ3n) is 1.43. The molecule has 2 nitrogen and oxygen atoms in total. The van der Waals surface area contributed by atoms with Crippen molar-refractivity contribution in [3.8, 4) is 0 Å². The highest BCUT2D eigenvalue weighted by Gasteiger charge is 2.21. The van der Waals surface area contributed by atoms with Crippen LogP contribution < -0.4 is 0 Å². The van der Waals surface area contributed by atoms with Gasteiger partial charge in [-0.25, -0.2) is 0 Å². The van der Waals surface area contributed by atoms with Gasteiger partial charge in [0.1, 0.15) is 0 Å². The van der Waals surface area contributed by atoms with Crippen LogP contribution in [0.5, 0.6) is 0 Å². The lowest BCUT2D eigenvalue weighted by molar-refractivity contribution is -0.0775. The van der Waals surface area contributed by atoms with E-state index in [0.717, 1.165) is 16.7 Å². The van der Waals surface area contributed by atoms with Crippen LogP contribution in [0.25, 0.3) is 0 Å². The maximum Gasteiger partial charge on any atom is 0.217 e. The smallest absolute Gasteiger partial charge is 0.217 e. The molecule has 0 bridgehead atoms.